The summed E-state index contributed by atoms with van der Waals surface area (Å²) in [5.41, 5.74) is 0.593. The van der Waals surface area contributed by atoms with E-state index in [1.807, 2.05) is 6.92 Å². The number of hydrogen-bond donors (Lipinski definition) is 0. The monoisotopic (exact) mass is 296 g/mol. The topological polar surface area (TPSA) is 51.1 Å². The van der Waals surface area contributed by atoms with E-state index in [9.17, 15) is 0 Å². The minimum absolute atomic E-state index is 0.208. The quantitative estimate of drug-likeness (QED) is 0.858. The molecule has 0 aromatic carbocycles. The number of nitrogens with zero attached hydrogens (tertiary/aromatic N) is 4. The number of ether oxygens (including phenoxy) is 1. The smallest absolute Gasteiger partial charge is 0.322 e. The molecule has 1 aliphatic carbocycles. The van der Waals surface area contributed by atoms with Crippen molar-refractivity contribution < 1.29 is 4.74 Å². The number of aromatic nitrogens is 3. The lowest BCUT2D eigenvalue weighted by Gasteiger charge is -2.39. The molecule has 0 unspecified atom stereocenters. The van der Waals surface area contributed by atoms with Gasteiger partial charge in [0.25, 0.3) is 0 Å². The summed E-state index contributed by atoms with van der Waals surface area (Å²) in [5, 5.41) is 0.208. The van der Waals surface area contributed by atoms with Gasteiger partial charge in [0.2, 0.25) is 11.2 Å². The summed E-state index contributed by atoms with van der Waals surface area (Å²) < 4.78 is 5.34. The lowest BCUT2D eigenvalue weighted by Crippen LogP contribution is -2.39. The molecule has 110 valence electrons. The van der Waals surface area contributed by atoms with Gasteiger partial charge in [-0.25, -0.2) is 0 Å². The first-order valence-corrected chi connectivity index (χ1v) is 7.88. The lowest BCUT2D eigenvalue weighted by atomic mass is 9.77. The average Bonchev–Trinajstić information content (AvgIpc) is 2.88. The minimum atomic E-state index is 0.208. The molecule has 0 amide bonds. The zero-order chi connectivity index (χ0) is 14.0. The van der Waals surface area contributed by atoms with Gasteiger partial charge in [-0.05, 0) is 49.6 Å². The van der Waals surface area contributed by atoms with Crippen molar-refractivity contribution in [2.45, 2.75) is 45.4 Å². The molecule has 5 nitrogen and oxygen atoms in total. The van der Waals surface area contributed by atoms with Crippen LogP contribution in [0.15, 0.2) is 0 Å². The number of halogens is 1. The first-order chi connectivity index (χ1) is 9.71. The Bertz CT molecular complexity index is 466. The van der Waals surface area contributed by atoms with Crippen molar-refractivity contribution in [3.05, 3.63) is 5.28 Å². The molecule has 2 aliphatic rings. The van der Waals surface area contributed by atoms with Gasteiger partial charge in [-0.15, -0.1) is 0 Å². The van der Waals surface area contributed by atoms with Crippen LogP contribution in [-0.4, -0.2) is 34.6 Å². The fourth-order valence-corrected chi connectivity index (χ4v) is 3.61. The Morgan fingerprint density at radius 1 is 1.10 bits per heavy atom. The fraction of sp³-hybridized carbons (Fsp3) is 0.786. The van der Waals surface area contributed by atoms with Gasteiger partial charge >= 0.3 is 6.01 Å². The van der Waals surface area contributed by atoms with E-state index >= 15 is 0 Å². The SMILES string of the molecule is CCOc1nc(Cl)nc(N2CCC3(CCCC3)CC2)n1. The summed E-state index contributed by atoms with van der Waals surface area (Å²) >= 11 is 5.96. The molecule has 1 aromatic rings. The largest absolute Gasteiger partial charge is 0.464 e. The normalized spacial score (nSPS) is 21.4. The molecule has 0 radical (unpaired) electrons. The fourth-order valence-electron chi connectivity index (χ4n) is 3.46. The predicted molar refractivity (Wildman–Crippen MR) is 78.4 cm³/mol. The maximum absolute atomic E-state index is 5.96. The summed E-state index contributed by atoms with van der Waals surface area (Å²) in [5.74, 6) is 0.654. The second-order valence-electron chi connectivity index (χ2n) is 5.81. The summed E-state index contributed by atoms with van der Waals surface area (Å²) in [6, 6.07) is 0.323. The minimum Gasteiger partial charge on any atom is -0.464 e. The van der Waals surface area contributed by atoms with E-state index in [2.05, 4.69) is 19.9 Å². The van der Waals surface area contributed by atoms with Crippen molar-refractivity contribution in [3.8, 4) is 6.01 Å². The molecule has 1 spiro atoms. The van der Waals surface area contributed by atoms with Gasteiger partial charge in [0.05, 0.1) is 6.61 Å². The van der Waals surface area contributed by atoms with Crippen LogP contribution in [0.1, 0.15) is 45.4 Å². The zero-order valence-corrected chi connectivity index (χ0v) is 12.7. The van der Waals surface area contributed by atoms with Crippen LogP contribution >= 0.6 is 11.6 Å². The Balaban J connectivity index is 1.71. The molecule has 20 heavy (non-hydrogen) atoms. The Morgan fingerprint density at radius 3 is 2.45 bits per heavy atom. The Labute approximate surface area is 124 Å². The predicted octanol–water partition coefficient (Wildman–Crippen LogP) is 3.08. The van der Waals surface area contributed by atoms with Crippen molar-refractivity contribution in [3.63, 3.8) is 0 Å². The maximum atomic E-state index is 5.96. The molecule has 1 aliphatic heterocycles. The summed E-state index contributed by atoms with van der Waals surface area (Å²) in [6.45, 7) is 4.45. The third-order valence-corrected chi connectivity index (χ3v) is 4.79. The molecule has 1 saturated heterocycles. The van der Waals surface area contributed by atoms with E-state index < -0.39 is 0 Å². The van der Waals surface area contributed by atoms with Crippen LogP contribution in [0.3, 0.4) is 0 Å². The molecule has 3 rings (SSSR count). The van der Waals surface area contributed by atoms with Crippen molar-refractivity contribution >= 4 is 17.5 Å². The van der Waals surface area contributed by atoms with Crippen molar-refractivity contribution in [2.24, 2.45) is 5.41 Å². The number of rotatable bonds is 3. The molecular weight excluding hydrogens is 276 g/mol. The molecule has 0 bridgehead atoms. The summed E-state index contributed by atoms with van der Waals surface area (Å²) in [4.78, 5) is 14.8. The summed E-state index contributed by atoms with van der Waals surface area (Å²) in [6.07, 6.45) is 8.05. The second kappa shape index (κ2) is 5.72. The molecule has 1 aromatic heterocycles. The van der Waals surface area contributed by atoms with Crippen LogP contribution in [0.5, 0.6) is 6.01 Å². The van der Waals surface area contributed by atoms with Gasteiger partial charge in [-0.2, -0.15) is 15.0 Å². The Hall–Kier alpha value is -1.10. The van der Waals surface area contributed by atoms with E-state index in [-0.39, 0.29) is 5.28 Å². The van der Waals surface area contributed by atoms with E-state index in [1.165, 1.54) is 38.5 Å². The highest BCUT2D eigenvalue weighted by atomic mass is 35.5. The van der Waals surface area contributed by atoms with E-state index in [1.54, 1.807) is 0 Å². The van der Waals surface area contributed by atoms with Crippen LogP contribution < -0.4 is 9.64 Å². The van der Waals surface area contributed by atoms with Crippen molar-refractivity contribution in [1.29, 1.82) is 0 Å². The van der Waals surface area contributed by atoms with Gasteiger partial charge in [-0.1, -0.05) is 12.8 Å². The first-order valence-electron chi connectivity index (χ1n) is 7.50. The first kappa shape index (κ1) is 13.9. The van der Waals surface area contributed by atoms with Crippen LogP contribution in [0.4, 0.5) is 5.95 Å². The molecule has 0 atom stereocenters. The molecule has 0 N–H and O–H groups in total. The van der Waals surface area contributed by atoms with Gasteiger partial charge in [0, 0.05) is 13.1 Å². The second-order valence-corrected chi connectivity index (χ2v) is 6.15. The number of piperidine rings is 1. The molecule has 2 heterocycles. The average molecular weight is 297 g/mol. The maximum Gasteiger partial charge on any atom is 0.322 e. The Morgan fingerprint density at radius 2 is 1.80 bits per heavy atom. The molecule has 6 heteroatoms. The third-order valence-electron chi connectivity index (χ3n) is 4.62. The van der Waals surface area contributed by atoms with Crippen LogP contribution in [-0.2, 0) is 0 Å². The standard InChI is InChI=1S/C14H21ClN4O/c1-2-20-13-17-11(15)16-12(18-13)19-9-7-14(8-10-19)5-3-4-6-14/h2-10H2,1H3. The van der Waals surface area contributed by atoms with E-state index in [4.69, 9.17) is 16.3 Å². The van der Waals surface area contributed by atoms with Gasteiger partial charge in [-0.3, -0.25) is 0 Å². The lowest BCUT2D eigenvalue weighted by molar-refractivity contribution is 0.225. The highest BCUT2D eigenvalue weighted by Gasteiger charge is 2.37. The van der Waals surface area contributed by atoms with Crippen molar-refractivity contribution in [1.82, 2.24) is 15.0 Å². The van der Waals surface area contributed by atoms with E-state index in [0.717, 1.165) is 13.1 Å². The van der Waals surface area contributed by atoms with Crippen LogP contribution in [0.2, 0.25) is 5.28 Å². The highest BCUT2D eigenvalue weighted by molar-refractivity contribution is 6.28. The third kappa shape index (κ3) is 2.82. The zero-order valence-electron chi connectivity index (χ0n) is 11.9. The van der Waals surface area contributed by atoms with Crippen LogP contribution in [0, 0.1) is 5.41 Å². The molecular formula is C14H21ClN4O. The summed E-state index contributed by atoms with van der Waals surface area (Å²) in [7, 11) is 0. The Kier molecular flexibility index (Phi) is 3.96. The molecule has 1 saturated carbocycles. The van der Waals surface area contributed by atoms with Crippen molar-refractivity contribution in [2.75, 3.05) is 24.6 Å². The van der Waals surface area contributed by atoms with Gasteiger partial charge < -0.3 is 9.64 Å². The van der Waals surface area contributed by atoms with Gasteiger partial charge in [0.1, 0.15) is 0 Å². The number of hydrogen-bond acceptors (Lipinski definition) is 5. The van der Waals surface area contributed by atoms with E-state index in [0.29, 0.717) is 24.0 Å². The molecule has 2 fully saturated rings. The van der Waals surface area contributed by atoms with Gasteiger partial charge in [0.15, 0.2) is 0 Å². The highest BCUT2D eigenvalue weighted by Crippen LogP contribution is 2.46. The number of anilines is 1. The van der Waals surface area contributed by atoms with Crippen LogP contribution in [0.25, 0.3) is 0 Å².